The van der Waals surface area contributed by atoms with E-state index in [4.69, 9.17) is 44.3 Å². The molecule has 4 aliphatic carbocycles. The van der Waals surface area contributed by atoms with Gasteiger partial charge in [-0.1, -0.05) is 46.3 Å². The summed E-state index contributed by atoms with van der Waals surface area (Å²) in [6.45, 7) is 8.67. The normalized spacial score (nSPS) is 44.3. The number of rotatable bonds is 6. The van der Waals surface area contributed by atoms with Gasteiger partial charge in [-0.2, -0.15) is 0 Å². The summed E-state index contributed by atoms with van der Waals surface area (Å²) in [7, 11) is 0. The van der Waals surface area contributed by atoms with Crippen LogP contribution in [0, 0.1) is 28.6 Å². The van der Waals surface area contributed by atoms with E-state index in [0.29, 0.717) is 12.8 Å². The predicted molar refractivity (Wildman–Crippen MR) is 142 cm³/mol. The minimum atomic E-state index is -1.55. The minimum Gasteiger partial charge on any atom is -0.457 e. The Bertz CT molecular complexity index is 1090. The number of Topliss-reactive ketones (excluding diaryl/α,β-unsaturated/α-hetero) is 1. The summed E-state index contributed by atoms with van der Waals surface area (Å²) in [6, 6.07) is 0. The number of esters is 2. The maximum atomic E-state index is 13.9. The Morgan fingerprint density at radius 2 is 1.76 bits per heavy atom. The Balaban J connectivity index is 1.84. The molecule has 0 saturated heterocycles. The van der Waals surface area contributed by atoms with Gasteiger partial charge in [0.2, 0.25) is 5.78 Å². The highest BCUT2D eigenvalue weighted by Crippen LogP contribution is 2.73. The number of carbonyl (C=O) groups excluding carboxylic acids is 4. The Labute approximate surface area is 233 Å². The molecule has 6 nitrogen and oxygen atoms in total. The van der Waals surface area contributed by atoms with Crippen LogP contribution >= 0.6 is 34.8 Å². The summed E-state index contributed by atoms with van der Waals surface area (Å²) in [5.74, 6) is -2.49. The number of allylic oxidation sites excluding steroid dienone is 4. The number of carbonyl (C=O) groups is 4. The molecule has 9 atom stereocenters. The highest BCUT2D eigenvalue weighted by Gasteiger charge is 2.77. The third-order valence-electron chi connectivity index (χ3n) is 9.74. The first-order chi connectivity index (χ1) is 17.2. The molecule has 0 spiro atoms. The lowest BCUT2D eigenvalue weighted by Crippen LogP contribution is -2.70. The lowest BCUT2D eigenvalue weighted by Gasteiger charge is -2.65. The van der Waals surface area contributed by atoms with Crippen LogP contribution in [0.4, 0.5) is 0 Å². The van der Waals surface area contributed by atoms with Crippen LogP contribution in [0.5, 0.6) is 0 Å². The van der Waals surface area contributed by atoms with Crippen LogP contribution in [0.3, 0.4) is 0 Å². The fraction of sp³-hybridized carbons (Fsp3) is 0.714. The molecular weight excluding hydrogens is 539 g/mol. The number of alkyl halides is 3. The van der Waals surface area contributed by atoms with Crippen LogP contribution in [0.15, 0.2) is 23.8 Å². The topological polar surface area (TPSA) is 86.7 Å². The molecule has 0 aliphatic heterocycles. The largest absolute Gasteiger partial charge is 0.457 e. The van der Waals surface area contributed by atoms with Gasteiger partial charge in [0.25, 0.3) is 0 Å². The molecule has 9 heteroatoms. The lowest BCUT2D eigenvalue weighted by atomic mass is 9.46. The third-order valence-corrected chi connectivity index (χ3v) is 11.7. The van der Waals surface area contributed by atoms with E-state index in [0.717, 1.165) is 5.57 Å². The number of hydrogen-bond donors (Lipinski definition) is 0. The minimum absolute atomic E-state index is 0.0909. The zero-order valence-corrected chi connectivity index (χ0v) is 24.2. The van der Waals surface area contributed by atoms with E-state index in [9.17, 15) is 19.2 Å². The Hall–Kier alpha value is -1.37. The molecule has 0 bridgehead atoms. The lowest BCUT2D eigenvalue weighted by molar-refractivity contribution is -0.196. The van der Waals surface area contributed by atoms with Crippen molar-refractivity contribution in [1.82, 2.24) is 0 Å². The van der Waals surface area contributed by atoms with Gasteiger partial charge < -0.3 is 9.47 Å². The van der Waals surface area contributed by atoms with E-state index in [2.05, 4.69) is 0 Å². The fourth-order valence-electron chi connectivity index (χ4n) is 7.88. The molecule has 204 valence electrons. The van der Waals surface area contributed by atoms with Crippen LogP contribution in [0.1, 0.15) is 66.7 Å². The van der Waals surface area contributed by atoms with Crippen molar-refractivity contribution < 1.29 is 28.7 Å². The van der Waals surface area contributed by atoms with E-state index in [1.807, 2.05) is 26.8 Å². The maximum Gasteiger partial charge on any atom is 0.306 e. The van der Waals surface area contributed by atoms with Crippen molar-refractivity contribution in [2.75, 3.05) is 6.61 Å². The summed E-state index contributed by atoms with van der Waals surface area (Å²) in [4.78, 5) is 49.8. The molecule has 0 aromatic carbocycles. The van der Waals surface area contributed by atoms with E-state index >= 15 is 0 Å². The van der Waals surface area contributed by atoms with Gasteiger partial charge in [0.1, 0.15) is 0 Å². The highest BCUT2D eigenvalue weighted by atomic mass is 35.5. The van der Waals surface area contributed by atoms with Gasteiger partial charge in [-0.25, -0.2) is 0 Å². The number of fused-ring (bicyclic) bond motifs is 5. The second-order valence-corrected chi connectivity index (χ2v) is 13.2. The van der Waals surface area contributed by atoms with Crippen LogP contribution in [0.2, 0.25) is 0 Å². The van der Waals surface area contributed by atoms with Crippen molar-refractivity contribution in [3.05, 3.63) is 23.8 Å². The summed E-state index contributed by atoms with van der Waals surface area (Å²) in [6.07, 6.45) is 6.49. The van der Waals surface area contributed by atoms with Gasteiger partial charge in [0.05, 0.1) is 10.3 Å². The van der Waals surface area contributed by atoms with E-state index in [1.54, 1.807) is 19.9 Å². The summed E-state index contributed by atoms with van der Waals surface area (Å²) >= 11 is 21.9. The molecule has 0 N–H and O–H groups in total. The second kappa shape index (κ2) is 9.67. The molecule has 3 fully saturated rings. The van der Waals surface area contributed by atoms with Crippen molar-refractivity contribution in [2.45, 2.75) is 88.0 Å². The van der Waals surface area contributed by atoms with Crippen molar-refractivity contribution in [3.8, 4) is 0 Å². The number of ketones is 2. The molecule has 4 rings (SSSR count). The fourth-order valence-corrected chi connectivity index (χ4v) is 9.75. The second-order valence-electron chi connectivity index (χ2n) is 11.5. The molecule has 37 heavy (non-hydrogen) atoms. The molecule has 0 heterocycles. The zero-order valence-electron chi connectivity index (χ0n) is 21.9. The summed E-state index contributed by atoms with van der Waals surface area (Å²) in [5, 5.41) is -1.11. The van der Waals surface area contributed by atoms with Gasteiger partial charge >= 0.3 is 11.9 Å². The van der Waals surface area contributed by atoms with Gasteiger partial charge in [-0.15, -0.1) is 34.8 Å². The van der Waals surface area contributed by atoms with Gasteiger partial charge in [0.15, 0.2) is 18.0 Å². The molecule has 3 saturated carbocycles. The zero-order chi connectivity index (χ0) is 27.6. The first kappa shape index (κ1) is 28.6. The molecule has 4 aliphatic rings. The Morgan fingerprint density at radius 3 is 2.38 bits per heavy atom. The predicted octanol–water partition coefficient (Wildman–Crippen LogP) is 5.55. The smallest absolute Gasteiger partial charge is 0.306 e. The van der Waals surface area contributed by atoms with Crippen molar-refractivity contribution in [1.29, 1.82) is 0 Å². The molecule has 0 radical (unpaired) electrons. The van der Waals surface area contributed by atoms with E-state index in [1.165, 1.54) is 6.08 Å². The van der Waals surface area contributed by atoms with Crippen LogP contribution in [0.25, 0.3) is 0 Å². The monoisotopic (exact) mass is 572 g/mol. The number of hydrogen-bond acceptors (Lipinski definition) is 6. The van der Waals surface area contributed by atoms with E-state index < -0.39 is 56.4 Å². The number of ether oxygens (including phenoxy) is 2. The van der Waals surface area contributed by atoms with Crippen molar-refractivity contribution in [3.63, 3.8) is 0 Å². The Kier molecular flexibility index (Phi) is 7.49. The number of halogens is 3. The average molecular weight is 574 g/mol. The quantitative estimate of drug-likeness (QED) is 0.306. The summed E-state index contributed by atoms with van der Waals surface area (Å²) in [5.41, 5.74) is -2.29. The van der Waals surface area contributed by atoms with Gasteiger partial charge in [0, 0.05) is 40.9 Å². The third kappa shape index (κ3) is 3.87. The standard InChI is InChI=1S/C28H35Cl3O6/c1-6-22(34)36-14-21(33)28(37-23(35)7-2)15(3)10-18-24-19(29)12-16-11-17(32)8-9-25(16,4)27(24,31)20(30)13-26(18,28)5/h8-9,11,15,18-20,24H,6-7,10,12-14H2,1-5H3/t15-,18+,19-,20+,24-,25+,26+,27-,28-/m1/s1. The van der Waals surface area contributed by atoms with Gasteiger partial charge in [-0.05, 0) is 37.3 Å². The highest BCUT2D eigenvalue weighted by molar-refractivity contribution is 6.35. The Morgan fingerprint density at radius 1 is 1.11 bits per heavy atom. The average Bonchev–Trinajstić information content (AvgIpc) is 3.05. The van der Waals surface area contributed by atoms with Crippen molar-refractivity contribution >= 4 is 58.3 Å². The first-order valence-corrected chi connectivity index (χ1v) is 14.3. The van der Waals surface area contributed by atoms with Crippen molar-refractivity contribution in [2.24, 2.45) is 28.6 Å². The van der Waals surface area contributed by atoms with E-state index in [-0.39, 0.29) is 42.8 Å². The first-order valence-electron chi connectivity index (χ1n) is 13.0. The maximum absolute atomic E-state index is 13.9. The molecule has 0 amide bonds. The molecule has 0 aromatic rings. The summed E-state index contributed by atoms with van der Waals surface area (Å²) < 4.78 is 11.3. The van der Waals surface area contributed by atoms with Crippen LogP contribution < -0.4 is 0 Å². The van der Waals surface area contributed by atoms with Gasteiger partial charge in [-0.3, -0.25) is 19.2 Å². The van der Waals surface area contributed by atoms with Crippen LogP contribution in [-0.2, 0) is 28.7 Å². The SMILES string of the molecule is CCC(=O)OCC(=O)[C@]1(OC(=O)CC)[C@H](C)C[C@H]2[C@@H]3[C@H](Cl)CC4=CC(=O)C=C[C@]4(C)[C@@]3(Cl)[C@@H](Cl)C[C@@]21C. The van der Waals surface area contributed by atoms with Crippen LogP contribution in [-0.4, -0.2) is 51.3 Å². The molecule has 0 unspecified atom stereocenters. The molecular formula is C28H35Cl3O6. The molecule has 0 aromatic heterocycles.